The van der Waals surface area contributed by atoms with Crippen LogP contribution in [0.4, 0.5) is 0 Å². The maximum Gasteiger partial charge on any atom is 0.269 e. The summed E-state index contributed by atoms with van der Waals surface area (Å²) in [5.74, 6) is 0. The molecule has 0 radical (unpaired) electrons. The van der Waals surface area contributed by atoms with Gasteiger partial charge in [-0.15, -0.1) is 0 Å². The second kappa shape index (κ2) is 5.04. The lowest BCUT2D eigenvalue weighted by atomic mass is 10.3. The molecule has 0 aliphatic heterocycles. The third kappa shape index (κ3) is 3.45. The van der Waals surface area contributed by atoms with E-state index < -0.39 is 0 Å². The molecule has 0 saturated heterocycles. The van der Waals surface area contributed by atoms with Crippen molar-refractivity contribution in [2.24, 2.45) is 12.8 Å². The molecule has 2 N–H and O–H groups in total. The molecule has 1 aromatic rings. The molecule has 0 spiro atoms. The van der Waals surface area contributed by atoms with Crippen LogP contribution in [0.25, 0.3) is 0 Å². The molecule has 0 aromatic carbocycles. The molecule has 0 amide bonds. The van der Waals surface area contributed by atoms with Crippen molar-refractivity contribution in [3.8, 4) is 0 Å². The molecule has 0 aliphatic carbocycles. The van der Waals surface area contributed by atoms with E-state index in [0.29, 0.717) is 18.8 Å². The van der Waals surface area contributed by atoms with Gasteiger partial charge < -0.3 is 10.5 Å². The van der Waals surface area contributed by atoms with Gasteiger partial charge in [0.15, 0.2) is 0 Å². The van der Waals surface area contributed by atoms with Gasteiger partial charge in [0.2, 0.25) is 0 Å². The van der Waals surface area contributed by atoms with Gasteiger partial charge in [-0.2, -0.15) is 5.10 Å². The monoisotopic (exact) mass is 211 g/mol. The zero-order chi connectivity index (χ0) is 11.4. The number of hydrogen-bond donors (Lipinski definition) is 1. The van der Waals surface area contributed by atoms with E-state index in [1.807, 2.05) is 6.92 Å². The van der Waals surface area contributed by atoms with Crippen LogP contribution in [0, 0.1) is 6.92 Å². The second-order valence-corrected chi connectivity index (χ2v) is 3.74. The molecule has 5 nitrogen and oxygen atoms in total. The van der Waals surface area contributed by atoms with E-state index >= 15 is 0 Å². The van der Waals surface area contributed by atoms with Crippen molar-refractivity contribution in [1.29, 1.82) is 0 Å². The summed E-state index contributed by atoms with van der Waals surface area (Å²) in [6, 6.07) is 1.75. The highest BCUT2D eigenvalue weighted by molar-refractivity contribution is 5.10. The summed E-state index contributed by atoms with van der Waals surface area (Å²) < 4.78 is 6.65. The largest absolute Gasteiger partial charge is 0.373 e. The lowest BCUT2D eigenvalue weighted by Crippen LogP contribution is -2.24. The summed E-state index contributed by atoms with van der Waals surface area (Å²) in [5.41, 5.74) is 6.88. The van der Waals surface area contributed by atoms with E-state index in [1.54, 1.807) is 20.0 Å². The minimum Gasteiger partial charge on any atom is -0.373 e. The van der Waals surface area contributed by atoms with Gasteiger partial charge in [0.1, 0.15) is 0 Å². The van der Waals surface area contributed by atoms with Gasteiger partial charge in [-0.1, -0.05) is 0 Å². The topological polar surface area (TPSA) is 70.1 Å². The van der Waals surface area contributed by atoms with Gasteiger partial charge in [-0.05, 0) is 19.9 Å². The average molecular weight is 211 g/mol. The van der Waals surface area contributed by atoms with Crippen LogP contribution in [-0.2, 0) is 18.4 Å². The van der Waals surface area contributed by atoms with E-state index in [4.69, 9.17) is 10.5 Å². The average Bonchev–Trinajstić information content (AvgIpc) is 2.13. The van der Waals surface area contributed by atoms with Crippen LogP contribution in [-0.4, -0.2) is 22.4 Å². The zero-order valence-corrected chi connectivity index (χ0v) is 9.36. The van der Waals surface area contributed by atoms with Gasteiger partial charge in [0, 0.05) is 18.7 Å². The number of aromatic nitrogens is 2. The van der Waals surface area contributed by atoms with E-state index in [9.17, 15) is 4.79 Å². The Hall–Kier alpha value is -1.20. The number of hydrogen-bond acceptors (Lipinski definition) is 4. The van der Waals surface area contributed by atoms with Crippen LogP contribution in [0.3, 0.4) is 0 Å². The SMILES string of the molecule is Cc1cc(COC[C@@H](C)N)nn(C)c1=O. The molecule has 0 fully saturated rings. The van der Waals surface area contributed by atoms with Gasteiger partial charge in [0.25, 0.3) is 5.56 Å². The minimum absolute atomic E-state index is 0.0126. The molecule has 1 heterocycles. The Kier molecular flexibility index (Phi) is 3.99. The fourth-order valence-corrected chi connectivity index (χ4v) is 1.25. The Balaban J connectivity index is 2.67. The van der Waals surface area contributed by atoms with Gasteiger partial charge >= 0.3 is 0 Å². The predicted octanol–water partition coefficient (Wildman–Crippen LogP) is -0.0475. The number of ether oxygens (including phenoxy) is 1. The van der Waals surface area contributed by atoms with Gasteiger partial charge in [0.05, 0.1) is 18.9 Å². The van der Waals surface area contributed by atoms with Crippen molar-refractivity contribution >= 4 is 0 Å². The maximum absolute atomic E-state index is 11.3. The molecule has 0 unspecified atom stereocenters. The normalized spacial score (nSPS) is 12.8. The minimum atomic E-state index is -0.0778. The first kappa shape index (κ1) is 11.9. The third-order valence-electron chi connectivity index (χ3n) is 1.92. The lowest BCUT2D eigenvalue weighted by molar-refractivity contribution is 0.108. The van der Waals surface area contributed by atoms with Gasteiger partial charge in [-0.25, -0.2) is 4.68 Å². The number of rotatable bonds is 4. The first-order chi connectivity index (χ1) is 7.00. The highest BCUT2D eigenvalue weighted by Crippen LogP contribution is 1.97. The van der Waals surface area contributed by atoms with Crippen molar-refractivity contribution in [2.45, 2.75) is 26.5 Å². The number of nitrogens with zero attached hydrogens (tertiary/aromatic N) is 2. The van der Waals surface area contributed by atoms with Crippen LogP contribution in [0.2, 0.25) is 0 Å². The van der Waals surface area contributed by atoms with E-state index in [1.165, 1.54) is 4.68 Å². The molecular formula is C10H17N3O2. The van der Waals surface area contributed by atoms with Crippen molar-refractivity contribution in [3.05, 3.63) is 27.7 Å². The van der Waals surface area contributed by atoms with Crippen LogP contribution < -0.4 is 11.3 Å². The van der Waals surface area contributed by atoms with Crippen LogP contribution in [0.5, 0.6) is 0 Å². The van der Waals surface area contributed by atoms with E-state index in [0.717, 1.165) is 5.69 Å². The fraction of sp³-hybridized carbons (Fsp3) is 0.600. The molecule has 1 rings (SSSR count). The summed E-state index contributed by atoms with van der Waals surface area (Å²) >= 11 is 0. The Morgan fingerprint density at radius 3 is 2.87 bits per heavy atom. The summed E-state index contributed by atoms with van der Waals surface area (Å²) in [6.07, 6.45) is 0. The standard InChI is InChI=1S/C10H17N3O2/c1-7-4-9(6-15-5-8(2)11)12-13(3)10(7)14/h4,8H,5-6,11H2,1-3H3/t8-/m1/s1. The van der Waals surface area contributed by atoms with Crippen LogP contribution in [0.15, 0.2) is 10.9 Å². The highest BCUT2D eigenvalue weighted by Gasteiger charge is 2.02. The fourth-order valence-electron chi connectivity index (χ4n) is 1.25. The quantitative estimate of drug-likeness (QED) is 0.758. The second-order valence-electron chi connectivity index (χ2n) is 3.74. The number of nitrogens with two attached hydrogens (primary N) is 1. The smallest absolute Gasteiger partial charge is 0.269 e. The Morgan fingerprint density at radius 2 is 2.33 bits per heavy atom. The summed E-state index contributed by atoms with van der Waals surface area (Å²) in [6.45, 7) is 4.51. The summed E-state index contributed by atoms with van der Waals surface area (Å²) in [5, 5.41) is 4.07. The Bertz CT molecular complexity index is 358. The first-order valence-electron chi connectivity index (χ1n) is 4.88. The molecular weight excluding hydrogens is 194 g/mol. The zero-order valence-electron chi connectivity index (χ0n) is 9.36. The van der Waals surface area contributed by atoms with Crippen LogP contribution in [0.1, 0.15) is 18.2 Å². The Morgan fingerprint density at radius 1 is 1.67 bits per heavy atom. The molecule has 0 aliphatic rings. The lowest BCUT2D eigenvalue weighted by Gasteiger charge is -2.07. The maximum atomic E-state index is 11.3. The third-order valence-corrected chi connectivity index (χ3v) is 1.92. The Labute approximate surface area is 88.9 Å². The van der Waals surface area contributed by atoms with Crippen molar-refractivity contribution in [3.63, 3.8) is 0 Å². The highest BCUT2D eigenvalue weighted by atomic mass is 16.5. The molecule has 5 heteroatoms. The molecule has 1 atom stereocenters. The summed E-state index contributed by atoms with van der Waals surface area (Å²) in [4.78, 5) is 11.3. The molecule has 0 saturated carbocycles. The molecule has 0 bridgehead atoms. The summed E-state index contributed by atoms with van der Waals surface area (Å²) in [7, 11) is 1.63. The van der Waals surface area contributed by atoms with Crippen molar-refractivity contribution in [2.75, 3.05) is 6.61 Å². The molecule has 84 valence electrons. The van der Waals surface area contributed by atoms with E-state index in [2.05, 4.69) is 5.10 Å². The molecule has 1 aromatic heterocycles. The predicted molar refractivity (Wildman–Crippen MR) is 57.5 cm³/mol. The van der Waals surface area contributed by atoms with Crippen molar-refractivity contribution in [1.82, 2.24) is 9.78 Å². The van der Waals surface area contributed by atoms with Gasteiger partial charge in [-0.3, -0.25) is 4.79 Å². The van der Waals surface area contributed by atoms with Crippen LogP contribution >= 0.6 is 0 Å². The molecule has 15 heavy (non-hydrogen) atoms. The number of aryl methyl sites for hydroxylation is 2. The van der Waals surface area contributed by atoms with Crippen molar-refractivity contribution < 1.29 is 4.74 Å². The van der Waals surface area contributed by atoms with E-state index in [-0.39, 0.29) is 11.6 Å². The first-order valence-corrected chi connectivity index (χ1v) is 4.88.